The van der Waals surface area contributed by atoms with Crippen molar-refractivity contribution in [2.45, 2.75) is 74.9 Å². The molecule has 0 fully saturated rings. The first-order chi connectivity index (χ1) is 20.8. The summed E-state index contributed by atoms with van der Waals surface area (Å²) >= 11 is 0. The lowest BCUT2D eigenvalue weighted by Gasteiger charge is -2.44. The smallest absolute Gasteiger partial charge is 0.337 e. The summed E-state index contributed by atoms with van der Waals surface area (Å²) in [4.78, 5) is 14.6. The van der Waals surface area contributed by atoms with Gasteiger partial charge in [-0.25, -0.2) is 4.79 Å². The van der Waals surface area contributed by atoms with Gasteiger partial charge in [0.2, 0.25) is 5.69 Å². The van der Waals surface area contributed by atoms with E-state index in [9.17, 15) is 17.8 Å². The molecule has 1 aliphatic carbocycles. The minimum absolute atomic E-state index is 0.0254. The van der Waals surface area contributed by atoms with Crippen LogP contribution in [-0.4, -0.2) is 61.6 Å². The van der Waals surface area contributed by atoms with Crippen LogP contribution in [0.2, 0.25) is 0 Å². The van der Waals surface area contributed by atoms with E-state index in [0.717, 1.165) is 54.9 Å². The minimum atomic E-state index is -4.30. The van der Waals surface area contributed by atoms with Gasteiger partial charge in [0.05, 0.1) is 35.2 Å². The fourth-order valence-electron chi connectivity index (χ4n) is 8.83. The number of esters is 1. The highest BCUT2D eigenvalue weighted by Gasteiger charge is 2.54. The third-order valence-corrected chi connectivity index (χ3v) is 11.7. The Balaban J connectivity index is 1.24. The summed E-state index contributed by atoms with van der Waals surface area (Å²) in [7, 11) is -2.89. The first kappa shape index (κ1) is 28.0. The molecule has 2 aromatic rings. The Labute approximate surface area is 258 Å². The van der Waals surface area contributed by atoms with Gasteiger partial charge in [-0.15, -0.1) is 0 Å². The number of anilines is 1. The molecule has 228 valence electrons. The molecule has 5 aliphatic heterocycles. The van der Waals surface area contributed by atoms with E-state index in [1.165, 1.54) is 41.3 Å². The molecule has 1 unspecified atom stereocenters. The second kappa shape index (κ2) is 9.02. The van der Waals surface area contributed by atoms with Gasteiger partial charge in [0.15, 0.2) is 12.3 Å². The number of benzene rings is 2. The number of hydrogen-bond acceptors (Lipinski definition) is 6. The topological polar surface area (TPSA) is 96.2 Å². The van der Waals surface area contributed by atoms with Crippen LogP contribution in [0.5, 0.6) is 0 Å². The zero-order valence-electron chi connectivity index (χ0n) is 25.7. The molecule has 0 saturated carbocycles. The average molecular weight is 614 g/mol. The first-order valence-electron chi connectivity index (χ1n) is 15.4. The highest BCUT2D eigenvalue weighted by molar-refractivity contribution is 7.85. The quantitative estimate of drug-likeness (QED) is 0.268. The summed E-state index contributed by atoms with van der Waals surface area (Å²) in [5, 5.41) is 0. The largest absolute Gasteiger partial charge is 0.465 e. The summed E-state index contributed by atoms with van der Waals surface area (Å²) < 4.78 is 48.1. The molecule has 5 heterocycles. The molecule has 8 nitrogen and oxygen atoms in total. The van der Waals surface area contributed by atoms with Crippen molar-refractivity contribution in [2.24, 2.45) is 5.92 Å². The maximum Gasteiger partial charge on any atom is 0.337 e. The Morgan fingerprint density at radius 2 is 1.82 bits per heavy atom. The molecule has 0 aromatic heterocycles. The number of carbonyl (C=O) groups is 1. The molecular formula is C35H37N2O6S+. The maximum absolute atomic E-state index is 12.4. The van der Waals surface area contributed by atoms with Crippen molar-refractivity contribution in [1.29, 1.82) is 0 Å². The molecule has 2 aromatic carbocycles. The summed E-state index contributed by atoms with van der Waals surface area (Å²) in [6, 6.07) is 10.9. The number of rotatable bonds is 2. The van der Waals surface area contributed by atoms with Gasteiger partial charge in [0, 0.05) is 47.0 Å². The number of carbonyl (C=O) groups excluding carboxylic acids is 1. The van der Waals surface area contributed by atoms with Crippen LogP contribution in [0, 0.1) is 5.92 Å². The molecule has 0 spiro atoms. The summed E-state index contributed by atoms with van der Waals surface area (Å²) in [5.41, 5.74) is 10.1. The van der Waals surface area contributed by atoms with Crippen LogP contribution in [0.25, 0.3) is 0 Å². The second-order valence-corrected chi connectivity index (χ2v) is 15.4. The number of methoxy groups -OCH3 is 1. The van der Waals surface area contributed by atoms with Crippen LogP contribution in [0.4, 0.5) is 11.4 Å². The standard InChI is InChI=1S/C35H36N2O6S/c1-34(2)25-16-20(33(38)42-5)6-8-27(25)37-13-11-29-24(32(34)37)15-21-14-23-19(17-30(21)43-29)10-12-36-28-9-7-22(44(39,40)41)18-26(28)35(3,4)31(23)36/h6-9,14-16,18-19,29-30H,10-13,17H2,1-5H3/p+1/t19-,29?,30+/m1/s1. The molecule has 9 heteroatoms. The normalized spacial score (nSPS) is 27.2. The van der Waals surface area contributed by atoms with E-state index in [2.05, 4.69) is 49.3 Å². The number of allylic oxidation sites excluding steroid dienone is 3. The van der Waals surface area contributed by atoms with Gasteiger partial charge in [-0.2, -0.15) is 13.0 Å². The van der Waals surface area contributed by atoms with Gasteiger partial charge in [-0.3, -0.25) is 4.55 Å². The molecule has 8 rings (SSSR count). The van der Waals surface area contributed by atoms with Crippen LogP contribution >= 0.6 is 0 Å². The van der Waals surface area contributed by atoms with Crippen molar-refractivity contribution < 1.29 is 31.8 Å². The fourth-order valence-corrected chi connectivity index (χ4v) is 9.34. The second-order valence-electron chi connectivity index (χ2n) is 14.0. The Morgan fingerprint density at radius 1 is 1.02 bits per heavy atom. The van der Waals surface area contributed by atoms with E-state index in [4.69, 9.17) is 9.47 Å². The van der Waals surface area contributed by atoms with Crippen molar-refractivity contribution in [3.8, 4) is 0 Å². The van der Waals surface area contributed by atoms with Crippen LogP contribution in [0.3, 0.4) is 0 Å². The lowest BCUT2D eigenvalue weighted by molar-refractivity contribution is -0.445. The van der Waals surface area contributed by atoms with Gasteiger partial charge in [-0.05, 0) is 85.7 Å². The Kier molecular flexibility index (Phi) is 5.74. The van der Waals surface area contributed by atoms with Crippen molar-refractivity contribution >= 4 is 33.2 Å². The van der Waals surface area contributed by atoms with Gasteiger partial charge >= 0.3 is 5.97 Å². The van der Waals surface area contributed by atoms with Crippen molar-refractivity contribution in [3.05, 3.63) is 87.7 Å². The molecule has 44 heavy (non-hydrogen) atoms. The van der Waals surface area contributed by atoms with Crippen molar-refractivity contribution in [2.75, 3.05) is 25.1 Å². The Bertz CT molecular complexity index is 1930. The summed E-state index contributed by atoms with van der Waals surface area (Å²) in [5.74, 6) is 0.0276. The third-order valence-electron chi connectivity index (χ3n) is 10.8. The number of nitrogens with zero attached hydrogens (tertiary/aromatic N) is 2. The van der Waals surface area contributed by atoms with Gasteiger partial charge in [0.1, 0.15) is 0 Å². The molecule has 0 saturated heterocycles. The predicted octanol–water partition coefficient (Wildman–Crippen LogP) is 5.60. The lowest BCUT2D eigenvalue weighted by atomic mass is 9.71. The van der Waals surface area contributed by atoms with Crippen LogP contribution in [0.1, 0.15) is 68.4 Å². The van der Waals surface area contributed by atoms with Crippen LogP contribution in [-0.2, 0) is 30.4 Å². The summed E-state index contributed by atoms with van der Waals surface area (Å²) in [6.07, 6.45) is 7.58. The van der Waals surface area contributed by atoms with E-state index in [1.54, 1.807) is 6.07 Å². The maximum atomic E-state index is 12.4. The predicted molar refractivity (Wildman–Crippen MR) is 166 cm³/mol. The van der Waals surface area contributed by atoms with E-state index >= 15 is 0 Å². The number of fused-ring (bicyclic) bond motifs is 9. The molecule has 6 aliphatic rings. The highest BCUT2D eigenvalue weighted by atomic mass is 32.2. The molecule has 1 N–H and O–H groups in total. The van der Waals surface area contributed by atoms with Crippen molar-refractivity contribution in [3.63, 3.8) is 0 Å². The van der Waals surface area contributed by atoms with E-state index in [0.29, 0.717) is 11.5 Å². The molecule has 0 radical (unpaired) electrons. The lowest BCUT2D eigenvalue weighted by Crippen LogP contribution is -2.46. The molecule has 0 bridgehead atoms. The number of hydrogen-bond donors (Lipinski definition) is 1. The zero-order valence-corrected chi connectivity index (χ0v) is 26.5. The van der Waals surface area contributed by atoms with E-state index in [-0.39, 0.29) is 28.5 Å². The third kappa shape index (κ3) is 3.72. The minimum Gasteiger partial charge on any atom is -0.465 e. The summed E-state index contributed by atoms with van der Waals surface area (Å²) in [6.45, 7) is 10.5. The Hall–Kier alpha value is -3.53. The van der Waals surface area contributed by atoms with Gasteiger partial charge < -0.3 is 14.4 Å². The molecule has 3 atom stereocenters. The van der Waals surface area contributed by atoms with Crippen molar-refractivity contribution in [1.82, 2.24) is 0 Å². The Morgan fingerprint density at radius 3 is 2.57 bits per heavy atom. The monoisotopic (exact) mass is 613 g/mol. The highest BCUT2D eigenvalue weighted by Crippen LogP contribution is 2.55. The fraction of sp³-hybridized carbons (Fsp3) is 0.429. The first-order valence-corrected chi connectivity index (χ1v) is 16.9. The zero-order chi connectivity index (χ0) is 30.9. The SMILES string of the molecule is COC(=O)c1ccc2c(c1)C(C)(C)C1=[N+]2CCC2O[C@H]3C[C@H]4CCN5C(=C4C=C3C=C12)C(C)(C)c1cc(S(=O)(=O)O)ccc15. The van der Waals surface area contributed by atoms with Crippen LogP contribution in [0.15, 0.2) is 75.9 Å². The number of ether oxygens (including phenoxy) is 2. The van der Waals surface area contributed by atoms with Gasteiger partial charge in [0.25, 0.3) is 10.1 Å². The van der Waals surface area contributed by atoms with Crippen LogP contribution < -0.4 is 4.90 Å². The van der Waals surface area contributed by atoms with E-state index < -0.39 is 15.5 Å². The average Bonchev–Trinajstić information content (AvgIpc) is 3.37. The van der Waals surface area contributed by atoms with E-state index in [1.807, 2.05) is 24.3 Å². The molecule has 0 amide bonds. The molecular weight excluding hydrogens is 576 g/mol. The van der Waals surface area contributed by atoms with Gasteiger partial charge in [-0.1, -0.05) is 19.9 Å².